The summed E-state index contributed by atoms with van der Waals surface area (Å²) in [5.74, 6) is -1.81. The van der Waals surface area contributed by atoms with Gasteiger partial charge in [0.2, 0.25) is 0 Å². The zero-order valence-corrected chi connectivity index (χ0v) is 5.99. The van der Waals surface area contributed by atoms with Gasteiger partial charge in [-0.25, -0.2) is 0 Å². The first-order chi connectivity index (χ1) is 6.20. The fraction of sp³-hybridized carbons (Fsp3) is 1.00. The van der Waals surface area contributed by atoms with Gasteiger partial charge in [-0.15, -0.1) is 11.6 Å². The number of hydrogen-bond acceptors (Lipinski definition) is 1. The summed E-state index contributed by atoms with van der Waals surface area (Å²) in [5.41, 5.74) is 0. The molecule has 1 nitrogen and oxygen atoms in total. The lowest BCUT2D eigenvalue weighted by atomic mass is 10.2. The fourth-order valence-electron chi connectivity index (χ4n) is 1.14. The van der Waals surface area contributed by atoms with Crippen molar-refractivity contribution in [2.24, 2.45) is 0 Å². The molecule has 0 N–H and O–H groups in total. The van der Waals surface area contributed by atoms with E-state index in [0.29, 0.717) is 13.0 Å². The van der Waals surface area contributed by atoms with E-state index < -0.39 is 12.8 Å². The SMILES string of the molecule is [2H]C([2H])(Cl)C[C@H]1CCCN1C([2H])([2H])[2H]. The van der Waals surface area contributed by atoms with Crippen LogP contribution in [0.1, 0.15) is 26.1 Å². The van der Waals surface area contributed by atoms with Gasteiger partial charge in [0.1, 0.15) is 0 Å². The third kappa shape index (κ3) is 1.84. The highest BCUT2D eigenvalue weighted by Crippen LogP contribution is 2.17. The molecule has 0 aromatic carbocycles. The Labute approximate surface area is 69.0 Å². The lowest BCUT2D eigenvalue weighted by molar-refractivity contribution is 0.305. The first-order valence-corrected chi connectivity index (χ1v) is 3.54. The summed E-state index contributed by atoms with van der Waals surface area (Å²) in [5, 5.41) is 0. The molecule has 0 unspecified atom stereocenters. The molecule has 0 aliphatic carbocycles. The second-order valence-electron chi connectivity index (χ2n) is 2.33. The highest BCUT2D eigenvalue weighted by Gasteiger charge is 2.19. The van der Waals surface area contributed by atoms with Gasteiger partial charge < -0.3 is 4.90 Å². The monoisotopic (exact) mass is 152 g/mol. The van der Waals surface area contributed by atoms with E-state index in [-0.39, 0.29) is 12.5 Å². The van der Waals surface area contributed by atoms with Crippen LogP contribution in [0.3, 0.4) is 0 Å². The maximum absolute atomic E-state index is 7.26. The van der Waals surface area contributed by atoms with Gasteiger partial charge in [0.15, 0.2) is 0 Å². The van der Waals surface area contributed by atoms with Crippen molar-refractivity contribution in [2.45, 2.75) is 25.3 Å². The Bertz CT molecular complexity index is 199. The van der Waals surface area contributed by atoms with Gasteiger partial charge in [0.05, 0.1) is 0 Å². The van der Waals surface area contributed by atoms with Crippen molar-refractivity contribution in [3.05, 3.63) is 0 Å². The van der Waals surface area contributed by atoms with E-state index in [0.717, 1.165) is 6.42 Å². The lowest BCUT2D eigenvalue weighted by Gasteiger charge is -2.17. The number of nitrogens with zero attached hydrogens (tertiary/aromatic N) is 1. The van der Waals surface area contributed by atoms with Crippen molar-refractivity contribution in [3.63, 3.8) is 0 Å². The molecule has 1 saturated heterocycles. The Morgan fingerprint density at radius 1 is 2.00 bits per heavy atom. The Morgan fingerprint density at radius 3 is 3.56 bits per heavy atom. The van der Waals surface area contributed by atoms with Crippen LogP contribution in [0.15, 0.2) is 0 Å². The molecule has 1 fully saturated rings. The largest absolute Gasteiger partial charge is 0.303 e. The molecule has 0 aromatic rings. The number of likely N-dealkylation sites (tertiary alicyclic amines) is 1. The number of rotatable bonds is 2. The van der Waals surface area contributed by atoms with Crippen LogP contribution in [-0.2, 0) is 0 Å². The lowest BCUT2D eigenvalue weighted by Crippen LogP contribution is -2.24. The van der Waals surface area contributed by atoms with Crippen LogP contribution in [0.5, 0.6) is 0 Å². The van der Waals surface area contributed by atoms with Crippen molar-refractivity contribution in [2.75, 3.05) is 19.4 Å². The molecular formula is C7H14ClN. The molecule has 2 heteroatoms. The Kier molecular flexibility index (Phi) is 1.18. The van der Waals surface area contributed by atoms with Gasteiger partial charge >= 0.3 is 0 Å². The molecule has 0 spiro atoms. The highest BCUT2D eigenvalue weighted by molar-refractivity contribution is 6.17. The standard InChI is InChI=1S/C7H14ClN/c1-9-6-2-3-7(9)4-5-8/h7H,2-6H2,1H3/t7-/m1/s1/i1D3,5D2. The summed E-state index contributed by atoms with van der Waals surface area (Å²) in [7, 11) is 0. The fourth-order valence-corrected chi connectivity index (χ4v) is 1.32. The van der Waals surface area contributed by atoms with E-state index in [4.69, 9.17) is 18.5 Å². The molecule has 1 aliphatic heterocycles. The van der Waals surface area contributed by atoms with E-state index in [1.807, 2.05) is 0 Å². The number of halogens is 1. The van der Waals surface area contributed by atoms with Crippen LogP contribution in [0.4, 0.5) is 0 Å². The molecule has 0 aromatic heterocycles. The Balaban J connectivity index is 2.61. The molecule has 0 amide bonds. The summed E-state index contributed by atoms with van der Waals surface area (Å²) < 4.78 is 36.2. The molecule has 0 radical (unpaired) electrons. The average Bonchev–Trinajstić information content (AvgIpc) is 2.29. The van der Waals surface area contributed by atoms with Gasteiger partial charge in [-0.1, -0.05) is 0 Å². The van der Waals surface area contributed by atoms with Crippen LogP contribution in [-0.4, -0.2) is 30.3 Å². The van der Waals surface area contributed by atoms with Crippen molar-refractivity contribution < 1.29 is 6.85 Å². The minimum atomic E-state index is -2.12. The summed E-state index contributed by atoms with van der Waals surface area (Å²) in [6.45, 7) is -1.61. The van der Waals surface area contributed by atoms with E-state index in [9.17, 15) is 0 Å². The minimum Gasteiger partial charge on any atom is -0.303 e. The second-order valence-corrected chi connectivity index (χ2v) is 2.59. The van der Waals surface area contributed by atoms with Crippen molar-refractivity contribution in [3.8, 4) is 0 Å². The molecule has 1 rings (SSSR count). The van der Waals surface area contributed by atoms with E-state index in [1.54, 1.807) is 0 Å². The van der Waals surface area contributed by atoms with Crippen LogP contribution < -0.4 is 0 Å². The average molecular weight is 153 g/mol. The highest BCUT2D eigenvalue weighted by atomic mass is 35.5. The van der Waals surface area contributed by atoms with Crippen LogP contribution in [0.2, 0.25) is 0 Å². The zero-order valence-electron chi connectivity index (χ0n) is 10.2. The summed E-state index contributed by atoms with van der Waals surface area (Å²) in [6, 6.07) is -0.255. The van der Waals surface area contributed by atoms with E-state index >= 15 is 0 Å². The van der Waals surface area contributed by atoms with Crippen LogP contribution >= 0.6 is 11.6 Å². The molecule has 0 bridgehead atoms. The van der Waals surface area contributed by atoms with Crippen molar-refractivity contribution >= 4 is 11.6 Å². The molecule has 1 heterocycles. The maximum atomic E-state index is 7.26. The maximum Gasteiger partial charge on any atom is 0.0436 e. The third-order valence-electron chi connectivity index (χ3n) is 1.69. The predicted molar refractivity (Wildman–Crippen MR) is 41.0 cm³/mol. The van der Waals surface area contributed by atoms with Crippen molar-refractivity contribution in [1.29, 1.82) is 0 Å². The quantitative estimate of drug-likeness (QED) is 0.545. The molecular weight excluding hydrogens is 134 g/mol. The topological polar surface area (TPSA) is 3.24 Å². The minimum absolute atomic E-state index is 0.0763. The summed E-state index contributed by atoms with van der Waals surface area (Å²) in [4.78, 5) is 1.37. The predicted octanol–water partition coefficient (Wildman–Crippen LogP) is 1.71. The first kappa shape index (κ1) is 3.10. The van der Waals surface area contributed by atoms with Gasteiger partial charge in [-0.3, -0.25) is 0 Å². The smallest absolute Gasteiger partial charge is 0.0436 e. The molecule has 1 aliphatic rings. The van der Waals surface area contributed by atoms with Crippen molar-refractivity contribution in [1.82, 2.24) is 4.90 Å². The van der Waals surface area contributed by atoms with E-state index in [2.05, 4.69) is 0 Å². The van der Waals surface area contributed by atoms with E-state index in [1.165, 1.54) is 4.90 Å². The molecule has 9 heavy (non-hydrogen) atoms. The van der Waals surface area contributed by atoms with Gasteiger partial charge in [-0.2, -0.15) is 0 Å². The van der Waals surface area contributed by atoms with Crippen LogP contribution in [0.25, 0.3) is 0 Å². The third-order valence-corrected chi connectivity index (χ3v) is 1.84. The summed E-state index contributed by atoms with van der Waals surface area (Å²) in [6.07, 6.45) is 1.59. The number of alkyl halides is 1. The van der Waals surface area contributed by atoms with Gasteiger partial charge in [0, 0.05) is 18.7 Å². The second kappa shape index (κ2) is 3.43. The zero-order chi connectivity index (χ0) is 11.0. The Morgan fingerprint density at radius 2 is 2.89 bits per heavy atom. The van der Waals surface area contributed by atoms with Gasteiger partial charge in [-0.05, 0) is 32.8 Å². The Hall–Kier alpha value is 0.250. The first-order valence-electron chi connectivity index (χ1n) is 5.66. The molecule has 1 atom stereocenters. The number of hydrogen-bond donors (Lipinski definition) is 0. The summed E-state index contributed by atoms with van der Waals surface area (Å²) >= 11 is 5.45. The normalized spacial score (nSPS) is 40.6. The van der Waals surface area contributed by atoms with Gasteiger partial charge in [0.25, 0.3) is 0 Å². The van der Waals surface area contributed by atoms with Crippen LogP contribution in [0, 0.1) is 0 Å². The molecule has 54 valence electrons. The molecule has 0 saturated carbocycles.